The van der Waals surface area contributed by atoms with Gasteiger partial charge in [0.05, 0.1) is 0 Å². The molecule has 1 aliphatic heterocycles. The maximum atomic E-state index is 8.93. The molecule has 0 radical (unpaired) electrons. The molecule has 0 amide bonds. The largest absolute Gasteiger partial charge is 0.192 e. The van der Waals surface area contributed by atoms with Crippen molar-refractivity contribution < 1.29 is 0 Å². The van der Waals surface area contributed by atoms with E-state index in [0.29, 0.717) is 16.7 Å². The quantitative estimate of drug-likeness (QED) is 0.587. The molecule has 0 aromatic rings. The molecule has 1 aliphatic carbocycles. The normalized spacial score (nSPS) is 29.9. The molecule has 1 saturated carbocycles. The number of nitriles is 2. The van der Waals surface area contributed by atoms with Crippen molar-refractivity contribution >= 4 is 11.8 Å². The van der Waals surface area contributed by atoms with Crippen LogP contribution in [0.15, 0.2) is 11.1 Å². The second-order valence-corrected chi connectivity index (χ2v) is 5.52. The molecule has 2 fully saturated rings. The van der Waals surface area contributed by atoms with Crippen LogP contribution in [0.25, 0.3) is 0 Å². The van der Waals surface area contributed by atoms with Gasteiger partial charge in [0.2, 0.25) is 0 Å². The lowest BCUT2D eigenvalue weighted by molar-refractivity contribution is 0.402. The van der Waals surface area contributed by atoms with Gasteiger partial charge in [-0.25, -0.2) is 0 Å². The minimum atomic E-state index is 0.396. The Morgan fingerprint density at radius 2 is 1.93 bits per heavy atom. The van der Waals surface area contributed by atoms with E-state index < -0.39 is 0 Å². The first-order valence-corrected chi connectivity index (χ1v) is 6.56. The van der Waals surface area contributed by atoms with Crippen molar-refractivity contribution in [1.29, 1.82) is 10.5 Å². The molecule has 0 N–H and O–H groups in total. The monoisotopic (exact) mass is 218 g/mol. The number of rotatable bonds is 0. The first-order valence-electron chi connectivity index (χ1n) is 5.51. The number of nitrogens with zero attached hydrogens (tertiary/aromatic N) is 2. The molecule has 2 nitrogen and oxygen atoms in total. The fraction of sp³-hybridized carbons (Fsp3) is 0.667. The molecule has 0 aromatic carbocycles. The Morgan fingerprint density at radius 3 is 2.67 bits per heavy atom. The molecular weight excluding hydrogens is 204 g/mol. The predicted octanol–water partition coefficient (Wildman–Crippen LogP) is 3.03. The van der Waals surface area contributed by atoms with Gasteiger partial charge in [-0.05, 0) is 36.5 Å². The average molecular weight is 218 g/mol. The molecule has 0 bridgehead atoms. The first kappa shape index (κ1) is 10.6. The third-order valence-electron chi connectivity index (χ3n) is 3.40. The zero-order valence-electron chi connectivity index (χ0n) is 8.70. The number of hydrogen-bond acceptors (Lipinski definition) is 3. The van der Waals surface area contributed by atoms with Crippen molar-refractivity contribution in [3.8, 4) is 12.1 Å². The van der Waals surface area contributed by atoms with E-state index in [1.165, 1.54) is 25.7 Å². The minimum absolute atomic E-state index is 0.396. The Labute approximate surface area is 95.0 Å². The lowest BCUT2D eigenvalue weighted by Gasteiger charge is -2.37. The van der Waals surface area contributed by atoms with Crippen molar-refractivity contribution in [1.82, 2.24) is 0 Å². The van der Waals surface area contributed by atoms with Crippen LogP contribution >= 0.6 is 11.8 Å². The molecular formula is C12H14N2S. The van der Waals surface area contributed by atoms with Gasteiger partial charge >= 0.3 is 0 Å². The minimum Gasteiger partial charge on any atom is -0.192 e. The van der Waals surface area contributed by atoms with Crippen LogP contribution in [0.2, 0.25) is 0 Å². The summed E-state index contributed by atoms with van der Waals surface area (Å²) in [6, 6.07) is 4.13. The highest BCUT2D eigenvalue weighted by Crippen LogP contribution is 2.44. The molecule has 2 aliphatic rings. The second kappa shape index (κ2) is 4.73. The van der Waals surface area contributed by atoms with E-state index in [1.807, 2.05) is 11.8 Å². The van der Waals surface area contributed by atoms with E-state index >= 15 is 0 Å². The Morgan fingerprint density at radius 1 is 1.20 bits per heavy atom. The highest BCUT2D eigenvalue weighted by Gasteiger charge is 2.33. The Balaban J connectivity index is 2.29. The van der Waals surface area contributed by atoms with E-state index in [-0.39, 0.29) is 0 Å². The molecule has 0 spiro atoms. The summed E-state index contributed by atoms with van der Waals surface area (Å²) >= 11 is 2.04. The van der Waals surface area contributed by atoms with Crippen molar-refractivity contribution in [3.05, 3.63) is 11.1 Å². The van der Waals surface area contributed by atoms with Crippen LogP contribution in [0.5, 0.6) is 0 Å². The van der Waals surface area contributed by atoms with Crippen molar-refractivity contribution in [2.75, 3.05) is 5.75 Å². The summed E-state index contributed by atoms with van der Waals surface area (Å²) < 4.78 is 0. The van der Waals surface area contributed by atoms with Crippen LogP contribution in [-0.2, 0) is 0 Å². The topological polar surface area (TPSA) is 47.6 Å². The summed E-state index contributed by atoms with van der Waals surface area (Å²) in [5, 5.41) is 18.5. The van der Waals surface area contributed by atoms with Crippen LogP contribution in [0.4, 0.5) is 0 Å². The average Bonchev–Trinajstić information content (AvgIpc) is 2.31. The highest BCUT2D eigenvalue weighted by molar-refractivity contribution is 8.00. The van der Waals surface area contributed by atoms with Gasteiger partial charge in [0.15, 0.2) is 0 Å². The van der Waals surface area contributed by atoms with Gasteiger partial charge in [0.1, 0.15) is 17.7 Å². The number of thioether (sulfide) groups is 1. The van der Waals surface area contributed by atoms with Crippen molar-refractivity contribution in [3.63, 3.8) is 0 Å². The molecule has 3 heteroatoms. The standard InChI is InChI=1S/C12H14N2S/c13-7-9(8-14)10-5-6-15-12-4-2-1-3-11(10)12/h11-12H,1-6H2/t11-,12-/m0/s1. The van der Waals surface area contributed by atoms with E-state index in [0.717, 1.165) is 17.7 Å². The van der Waals surface area contributed by atoms with Gasteiger partial charge in [-0.2, -0.15) is 22.3 Å². The zero-order chi connectivity index (χ0) is 10.7. The predicted molar refractivity (Wildman–Crippen MR) is 61.1 cm³/mol. The van der Waals surface area contributed by atoms with E-state index in [1.54, 1.807) is 0 Å². The molecule has 1 saturated heterocycles. The van der Waals surface area contributed by atoms with Gasteiger partial charge in [0.25, 0.3) is 0 Å². The van der Waals surface area contributed by atoms with E-state index in [9.17, 15) is 0 Å². The van der Waals surface area contributed by atoms with Crippen LogP contribution in [0.3, 0.4) is 0 Å². The second-order valence-electron chi connectivity index (χ2n) is 4.17. The van der Waals surface area contributed by atoms with Crippen LogP contribution < -0.4 is 0 Å². The molecule has 2 rings (SSSR count). The van der Waals surface area contributed by atoms with E-state index in [2.05, 4.69) is 12.1 Å². The third-order valence-corrected chi connectivity index (χ3v) is 4.83. The molecule has 0 unspecified atom stereocenters. The Bertz CT molecular complexity index is 341. The highest BCUT2D eigenvalue weighted by atomic mass is 32.2. The summed E-state index contributed by atoms with van der Waals surface area (Å²) in [5.41, 5.74) is 1.55. The van der Waals surface area contributed by atoms with Gasteiger partial charge in [-0.1, -0.05) is 12.8 Å². The van der Waals surface area contributed by atoms with Crippen molar-refractivity contribution in [2.24, 2.45) is 5.92 Å². The number of hydrogen-bond donors (Lipinski definition) is 0. The maximum Gasteiger partial charge on any atom is 0.129 e. The SMILES string of the molecule is N#CC(C#N)=C1CCS[C@H]2CCCC[C@@H]12. The molecule has 78 valence electrons. The summed E-state index contributed by atoms with van der Waals surface area (Å²) in [6.07, 6.45) is 5.97. The zero-order valence-corrected chi connectivity index (χ0v) is 9.52. The fourth-order valence-electron chi connectivity index (χ4n) is 2.68. The van der Waals surface area contributed by atoms with Crippen LogP contribution in [-0.4, -0.2) is 11.0 Å². The smallest absolute Gasteiger partial charge is 0.129 e. The molecule has 1 heterocycles. The summed E-state index contributed by atoms with van der Waals surface area (Å²) in [4.78, 5) is 0. The van der Waals surface area contributed by atoms with Crippen molar-refractivity contribution in [2.45, 2.75) is 37.4 Å². The van der Waals surface area contributed by atoms with Crippen LogP contribution in [0.1, 0.15) is 32.1 Å². The third kappa shape index (κ3) is 2.03. The first-order chi connectivity index (χ1) is 7.36. The summed E-state index contributed by atoms with van der Waals surface area (Å²) in [7, 11) is 0. The van der Waals surface area contributed by atoms with Crippen LogP contribution in [0, 0.1) is 28.6 Å². The molecule has 0 aromatic heterocycles. The van der Waals surface area contributed by atoms with Gasteiger partial charge in [-0.15, -0.1) is 0 Å². The summed E-state index contributed by atoms with van der Waals surface area (Å²) in [6.45, 7) is 0. The van der Waals surface area contributed by atoms with E-state index in [4.69, 9.17) is 10.5 Å². The Kier molecular flexibility index (Phi) is 3.34. The van der Waals surface area contributed by atoms with Gasteiger partial charge in [-0.3, -0.25) is 0 Å². The Hall–Kier alpha value is -0.930. The fourth-order valence-corrected chi connectivity index (χ4v) is 4.19. The van der Waals surface area contributed by atoms with Gasteiger partial charge < -0.3 is 0 Å². The van der Waals surface area contributed by atoms with Gasteiger partial charge in [0, 0.05) is 5.25 Å². The lowest BCUT2D eigenvalue weighted by atomic mass is 9.80. The maximum absolute atomic E-state index is 8.93. The number of fused-ring (bicyclic) bond motifs is 1. The lowest BCUT2D eigenvalue weighted by Crippen LogP contribution is -2.28. The molecule has 15 heavy (non-hydrogen) atoms. The molecule has 2 atom stereocenters. The summed E-state index contributed by atoms with van der Waals surface area (Å²) in [5.74, 6) is 1.61. The number of allylic oxidation sites excluding steroid dienone is 2.